The van der Waals surface area contributed by atoms with Crippen molar-refractivity contribution in [1.29, 1.82) is 0 Å². The number of hydrogen-bond donors (Lipinski definition) is 0. The van der Waals surface area contributed by atoms with Gasteiger partial charge in [0.15, 0.2) is 0 Å². The van der Waals surface area contributed by atoms with Crippen LogP contribution in [0.2, 0.25) is 0 Å². The van der Waals surface area contributed by atoms with E-state index in [1.54, 1.807) is 0 Å². The predicted molar refractivity (Wildman–Crippen MR) is 97.4 cm³/mol. The quantitative estimate of drug-likeness (QED) is 0.290. The van der Waals surface area contributed by atoms with E-state index in [1.165, 1.54) is 77.0 Å². The van der Waals surface area contributed by atoms with Crippen LogP contribution in [-0.4, -0.2) is 30.0 Å². The van der Waals surface area contributed by atoms with Gasteiger partial charge in [0, 0.05) is 18.4 Å². The molecule has 0 aromatic rings. The Morgan fingerprint density at radius 1 is 0.792 bits per heavy atom. The first-order valence-corrected chi connectivity index (χ1v) is 10.1. The Bertz CT molecular complexity index is 258. The van der Waals surface area contributed by atoms with Crippen molar-refractivity contribution in [3.63, 3.8) is 0 Å². The molecule has 3 nitrogen and oxygen atoms in total. The molecule has 0 saturated heterocycles. The van der Waals surface area contributed by atoms with Gasteiger partial charge in [-0.15, -0.1) is 0 Å². The van der Waals surface area contributed by atoms with E-state index in [0.29, 0.717) is 0 Å². The molecule has 0 heterocycles. The number of aliphatic carboxylic acids is 1. The Balaban J connectivity index is 0. The van der Waals surface area contributed by atoms with E-state index in [4.69, 9.17) is 0 Å². The van der Waals surface area contributed by atoms with Gasteiger partial charge in [-0.3, -0.25) is 0 Å². The van der Waals surface area contributed by atoms with E-state index in [-0.39, 0.29) is 63.8 Å². The average Bonchev–Trinajstić information content (AvgIpc) is 2.51. The zero-order valence-electron chi connectivity index (χ0n) is 16.9. The summed E-state index contributed by atoms with van der Waals surface area (Å²) in [6.07, 6.45) is 15.6. The van der Waals surface area contributed by atoms with Crippen LogP contribution in [0, 0.1) is 0 Å². The van der Waals surface area contributed by atoms with Crippen molar-refractivity contribution >= 4 is 5.97 Å². The van der Waals surface area contributed by atoms with E-state index >= 15 is 0 Å². The Kier molecular flexibility index (Phi) is 23.2. The number of unbranched alkanes of at least 4 members (excludes halogenated alkanes) is 10. The average molecular weight is 366 g/mol. The van der Waals surface area contributed by atoms with Crippen LogP contribution in [0.4, 0.5) is 0 Å². The van der Waals surface area contributed by atoms with Gasteiger partial charge in [-0.05, 0) is 32.9 Å². The molecule has 0 fully saturated rings. The summed E-state index contributed by atoms with van der Waals surface area (Å²) in [4.78, 5) is 13.2. The fraction of sp³-hybridized carbons (Fsp3) is 0.950. The van der Waals surface area contributed by atoms with Crippen LogP contribution in [0.1, 0.15) is 104 Å². The smallest absolute Gasteiger partial charge is 0.550 e. The molecular weight excluding hydrogens is 325 g/mol. The maximum absolute atomic E-state index is 10.9. The van der Waals surface area contributed by atoms with Gasteiger partial charge in [0.25, 0.3) is 0 Å². The molecule has 4 heteroatoms. The Hall–Kier alpha value is 1.07. The maximum Gasteiger partial charge on any atom is 1.00 e. The van der Waals surface area contributed by atoms with Crippen molar-refractivity contribution in [2.45, 2.75) is 110 Å². The van der Waals surface area contributed by atoms with E-state index in [0.717, 1.165) is 13.1 Å². The number of hydrogen-bond acceptors (Lipinski definition) is 3. The molecule has 0 aromatic heterocycles. The van der Waals surface area contributed by atoms with Gasteiger partial charge in [0.05, 0.1) is 0 Å². The van der Waals surface area contributed by atoms with Gasteiger partial charge in [-0.2, -0.15) is 0 Å². The topological polar surface area (TPSA) is 43.4 Å². The minimum absolute atomic E-state index is 0. The molecule has 0 aliphatic carbocycles. The third-order valence-corrected chi connectivity index (χ3v) is 4.68. The van der Waals surface area contributed by atoms with Crippen molar-refractivity contribution in [3.05, 3.63) is 0 Å². The van der Waals surface area contributed by atoms with Crippen LogP contribution in [0.3, 0.4) is 0 Å². The summed E-state index contributed by atoms with van der Waals surface area (Å²) in [5.74, 6) is -0.923. The summed E-state index contributed by atoms with van der Waals surface area (Å²) in [6.45, 7) is 8.59. The summed E-state index contributed by atoms with van der Waals surface area (Å²) < 4.78 is 0. The zero-order chi connectivity index (χ0) is 17.3. The molecule has 1 atom stereocenters. The van der Waals surface area contributed by atoms with Gasteiger partial charge < -0.3 is 14.8 Å². The van der Waals surface area contributed by atoms with Crippen molar-refractivity contribution < 1.29 is 61.3 Å². The molecule has 1 unspecified atom stereocenters. The minimum Gasteiger partial charge on any atom is -0.550 e. The van der Waals surface area contributed by atoms with Crippen molar-refractivity contribution in [2.75, 3.05) is 13.1 Å². The van der Waals surface area contributed by atoms with Gasteiger partial charge in [-0.25, -0.2) is 0 Å². The molecule has 0 aromatic carbocycles. The second-order valence-electron chi connectivity index (χ2n) is 7.00. The molecule has 0 rings (SSSR count). The van der Waals surface area contributed by atoms with E-state index in [2.05, 4.69) is 18.7 Å². The molecule has 0 aliphatic rings. The number of carbonyl (C=O) groups is 1. The van der Waals surface area contributed by atoms with E-state index in [9.17, 15) is 9.90 Å². The molecule has 0 aliphatic heterocycles. The first kappa shape index (κ1) is 27.3. The third kappa shape index (κ3) is 17.9. The summed E-state index contributed by atoms with van der Waals surface area (Å²) in [5.41, 5.74) is 0. The van der Waals surface area contributed by atoms with Gasteiger partial charge >= 0.3 is 51.4 Å². The monoisotopic (exact) mass is 365 g/mol. The number of carboxylic acids is 1. The van der Waals surface area contributed by atoms with Gasteiger partial charge in [-0.1, -0.05) is 78.1 Å². The molecular formula is C20H40KNO2. The van der Waals surface area contributed by atoms with Crippen molar-refractivity contribution in [1.82, 2.24) is 4.90 Å². The Labute approximate surface area is 193 Å². The number of carboxylic acid groups (broad SMARTS) is 1. The van der Waals surface area contributed by atoms with E-state index < -0.39 is 5.97 Å². The molecule has 0 radical (unpaired) electrons. The molecule has 0 amide bonds. The SMILES string of the molecule is CCCCCCCCN(CCCCCCCC)C(C)CC(=O)[O-].[K+]. The second kappa shape index (κ2) is 20.4. The number of rotatable bonds is 17. The molecule has 138 valence electrons. The molecule has 0 saturated carbocycles. The van der Waals surface area contributed by atoms with Crippen LogP contribution in [0.5, 0.6) is 0 Å². The predicted octanol–water partition coefficient (Wildman–Crippen LogP) is 1.54. The van der Waals surface area contributed by atoms with Crippen LogP contribution < -0.4 is 56.5 Å². The number of carbonyl (C=O) groups excluding carboxylic acids is 1. The normalized spacial score (nSPS) is 12.2. The first-order chi connectivity index (χ1) is 11.1. The maximum atomic E-state index is 10.9. The van der Waals surface area contributed by atoms with Crippen LogP contribution in [0.15, 0.2) is 0 Å². The van der Waals surface area contributed by atoms with E-state index in [1.807, 2.05) is 6.92 Å². The third-order valence-electron chi connectivity index (χ3n) is 4.68. The molecule has 24 heavy (non-hydrogen) atoms. The molecule has 0 bridgehead atoms. The standard InChI is InChI=1S/C20H41NO2.K/c1-4-6-8-10-12-14-16-21(19(3)18-20(22)23)17-15-13-11-9-7-5-2;/h19H,4-18H2,1-3H3,(H,22,23);/q;+1/p-1. The van der Waals surface area contributed by atoms with Crippen molar-refractivity contribution in [2.24, 2.45) is 0 Å². The Morgan fingerprint density at radius 2 is 1.17 bits per heavy atom. The fourth-order valence-corrected chi connectivity index (χ4v) is 3.11. The summed E-state index contributed by atoms with van der Waals surface area (Å²) in [6, 6.07) is 0.103. The summed E-state index contributed by atoms with van der Waals surface area (Å²) >= 11 is 0. The fourth-order valence-electron chi connectivity index (χ4n) is 3.11. The van der Waals surface area contributed by atoms with Crippen LogP contribution >= 0.6 is 0 Å². The largest absolute Gasteiger partial charge is 1.00 e. The number of nitrogens with zero attached hydrogens (tertiary/aromatic N) is 1. The van der Waals surface area contributed by atoms with Gasteiger partial charge in [0.1, 0.15) is 0 Å². The van der Waals surface area contributed by atoms with Gasteiger partial charge in [0.2, 0.25) is 0 Å². The molecule has 0 spiro atoms. The summed E-state index contributed by atoms with van der Waals surface area (Å²) in [7, 11) is 0. The zero-order valence-corrected chi connectivity index (χ0v) is 20.1. The summed E-state index contributed by atoms with van der Waals surface area (Å²) in [5, 5.41) is 10.9. The van der Waals surface area contributed by atoms with Crippen molar-refractivity contribution in [3.8, 4) is 0 Å². The minimum atomic E-state index is -0.923. The molecule has 0 N–H and O–H groups in total. The second-order valence-corrected chi connectivity index (χ2v) is 7.00. The first-order valence-electron chi connectivity index (χ1n) is 10.1. The van der Waals surface area contributed by atoms with Crippen LogP contribution in [0.25, 0.3) is 0 Å². The Morgan fingerprint density at radius 3 is 1.54 bits per heavy atom. The van der Waals surface area contributed by atoms with Crippen LogP contribution in [-0.2, 0) is 4.79 Å².